The molecule has 0 aliphatic heterocycles. The lowest BCUT2D eigenvalue weighted by molar-refractivity contribution is 0.588. The number of nitrogens with two attached hydrogens (primary N) is 1. The number of anilines is 2. The second-order valence-corrected chi connectivity index (χ2v) is 6.05. The molecule has 0 aliphatic rings. The molecule has 1 aromatic heterocycles. The van der Waals surface area contributed by atoms with Crippen molar-refractivity contribution in [3.05, 3.63) is 36.9 Å². The first kappa shape index (κ1) is 14.4. The van der Waals surface area contributed by atoms with Crippen LogP contribution in [0, 0.1) is 0 Å². The quantitative estimate of drug-likeness (QED) is 0.673. The van der Waals surface area contributed by atoms with Crippen molar-refractivity contribution < 1.29 is 8.42 Å². The highest BCUT2D eigenvalue weighted by Crippen LogP contribution is 2.23. The van der Waals surface area contributed by atoms with E-state index < -0.39 is 10.0 Å². The maximum Gasteiger partial charge on any atom is 0.242 e. The number of hydrogen-bond acceptors (Lipinski definition) is 5. The Morgan fingerprint density at radius 2 is 2.20 bits per heavy atom. The summed E-state index contributed by atoms with van der Waals surface area (Å²) in [4.78, 5) is 4.09. The molecule has 0 bridgehead atoms. The van der Waals surface area contributed by atoms with Crippen molar-refractivity contribution in [2.75, 3.05) is 24.6 Å². The largest absolute Gasteiger partial charge is 0.399 e. The predicted molar refractivity (Wildman–Crippen MR) is 77.8 cm³/mol. The molecule has 20 heavy (non-hydrogen) atoms. The van der Waals surface area contributed by atoms with Gasteiger partial charge in [-0.2, -0.15) is 0 Å². The van der Waals surface area contributed by atoms with Crippen molar-refractivity contribution in [1.29, 1.82) is 0 Å². The first-order valence-corrected chi connectivity index (χ1v) is 7.54. The predicted octanol–water partition coefficient (Wildman–Crippen LogP) is 0.485. The number of rotatable bonds is 6. The lowest BCUT2D eigenvalue weighted by Gasteiger charge is -2.13. The molecule has 7 nitrogen and oxygen atoms in total. The number of nitrogens with zero attached hydrogens (tertiary/aromatic N) is 2. The van der Waals surface area contributed by atoms with Gasteiger partial charge in [0.25, 0.3) is 0 Å². The molecule has 0 saturated carbocycles. The highest BCUT2D eigenvalue weighted by molar-refractivity contribution is 7.89. The van der Waals surface area contributed by atoms with Gasteiger partial charge in [0.2, 0.25) is 10.0 Å². The van der Waals surface area contributed by atoms with Gasteiger partial charge in [0.15, 0.2) is 0 Å². The van der Waals surface area contributed by atoms with E-state index in [2.05, 4.69) is 15.0 Å². The molecular weight excluding hydrogens is 278 g/mol. The maximum absolute atomic E-state index is 11.9. The second-order valence-electron chi connectivity index (χ2n) is 4.19. The van der Waals surface area contributed by atoms with Gasteiger partial charge in [-0.1, -0.05) is 0 Å². The Morgan fingerprint density at radius 1 is 1.40 bits per heavy atom. The molecular formula is C12H17N5O2S. The average Bonchev–Trinajstić information content (AvgIpc) is 2.93. The average molecular weight is 295 g/mol. The molecule has 0 amide bonds. The summed E-state index contributed by atoms with van der Waals surface area (Å²) in [6.45, 7) is 1.26. The maximum atomic E-state index is 11.9. The van der Waals surface area contributed by atoms with Crippen LogP contribution in [-0.4, -0.2) is 31.6 Å². The van der Waals surface area contributed by atoms with Crippen molar-refractivity contribution in [1.82, 2.24) is 14.3 Å². The number of aromatic nitrogens is 2. The number of nitrogen functional groups attached to an aromatic ring is 1. The molecule has 8 heteroatoms. The second kappa shape index (κ2) is 5.93. The normalized spacial score (nSPS) is 11.4. The van der Waals surface area contributed by atoms with Gasteiger partial charge in [-0.15, -0.1) is 0 Å². The van der Waals surface area contributed by atoms with E-state index in [0.29, 0.717) is 24.5 Å². The smallest absolute Gasteiger partial charge is 0.242 e. The summed E-state index contributed by atoms with van der Waals surface area (Å²) in [5.41, 5.74) is 6.58. The third kappa shape index (κ3) is 3.28. The van der Waals surface area contributed by atoms with E-state index >= 15 is 0 Å². The summed E-state index contributed by atoms with van der Waals surface area (Å²) in [6.07, 6.45) is 5.24. The van der Waals surface area contributed by atoms with Crippen LogP contribution in [0.15, 0.2) is 41.8 Å². The molecule has 0 unspecified atom stereocenters. The van der Waals surface area contributed by atoms with Crippen LogP contribution in [0.5, 0.6) is 0 Å². The van der Waals surface area contributed by atoms with Gasteiger partial charge >= 0.3 is 0 Å². The molecule has 1 heterocycles. The molecule has 108 valence electrons. The zero-order chi connectivity index (χ0) is 14.6. The van der Waals surface area contributed by atoms with E-state index in [4.69, 9.17) is 5.73 Å². The van der Waals surface area contributed by atoms with Crippen LogP contribution in [0.3, 0.4) is 0 Å². The molecule has 0 saturated heterocycles. The van der Waals surface area contributed by atoms with Gasteiger partial charge in [0.05, 0.1) is 12.0 Å². The lowest BCUT2D eigenvalue weighted by Crippen LogP contribution is -2.21. The fraction of sp³-hybridized carbons (Fsp3) is 0.250. The minimum Gasteiger partial charge on any atom is -0.399 e. The minimum atomic E-state index is -3.55. The van der Waals surface area contributed by atoms with Gasteiger partial charge in [-0.3, -0.25) is 0 Å². The Hall–Kier alpha value is -2.06. The molecule has 0 radical (unpaired) electrons. The number of nitrogens with one attached hydrogen (secondary N) is 2. The third-order valence-corrected chi connectivity index (χ3v) is 4.26. The molecule has 4 N–H and O–H groups in total. The van der Waals surface area contributed by atoms with E-state index in [1.807, 2.05) is 10.8 Å². The van der Waals surface area contributed by atoms with Crippen LogP contribution < -0.4 is 15.8 Å². The fourth-order valence-corrected chi connectivity index (χ4v) is 2.70. The van der Waals surface area contributed by atoms with E-state index in [1.165, 1.54) is 13.1 Å². The minimum absolute atomic E-state index is 0.144. The van der Waals surface area contributed by atoms with E-state index in [1.54, 1.807) is 24.7 Å². The topological polar surface area (TPSA) is 102 Å². The van der Waals surface area contributed by atoms with E-state index in [-0.39, 0.29) is 4.90 Å². The van der Waals surface area contributed by atoms with Gasteiger partial charge in [0, 0.05) is 31.2 Å². The van der Waals surface area contributed by atoms with Gasteiger partial charge in [-0.25, -0.2) is 18.1 Å². The van der Waals surface area contributed by atoms with Crippen molar-refractivity contribution in [3.8, 4) is 0 Å². The summed E-state index contributed by atoms with van der Waals surface area (Å²) in [5, 5.41) is 3.10. The highest BCUT2D eigenvalue weighted by Gasteiger charge is 2.16. The number of benzene rings is 1. The fourth-order valence-electron chi connectivity index (χ4n) is 1.76. The molecule has 0 atom stereocenters. The van der Waals surface area contributed by atoms with Crippen LogP contribution in [0.25, 0.3) is 0 Å². The zero-order valence-corrected chi connectivity index (χ0v) is 11.9. The summed E-state index contributed by atoms with van der Waals surface area (Å²) in [7, 11) is -2.18. The standard InChI is InChI=1S/C12H17N5O2S/c1-14-20(18,19)12-8-10(13)2-3-11(12)16-5-7-17-6-4-15-9-17/h2-4,6,8-9,14,16H,5,7,13H2,1H3. The molecule has 2 rings (SSSR count). The highest BCUT2D eigenvalue weighted by atomic mass is 32.2. The van der Waals surface area contributed by atoms with Crippen molar-refractivity contribution >= 4 is 21.4 Å². The molecule has 0 fully saturated rings. The monoisotopic (exact) mass is 295 g/mol. The lowest BCUT2D eigenvalue weighted by atomic mass is 10.3. The molecule has 0 spiro atoms. The zero-order valence-electron chi connectivity index (χ0n) is 11.1. The van der Waals surface area contributed by atoms with Gasteiger partial charge in [0.1, 0.15) is 4.90 Å². The summed E-state index contributed by atoms with van der Waals surface area (Å²) >= 11 is 0. The van der Waals surface area contributed by atoms with Crippen molar-refractivity contribution in [3.63, 3.8) is 0 Å². The number of imidazole rings is 1. The molecule has 2 aromatic rings. The first-order chi connectivity index (χ1) is 9.53. The Labute approximate surface area is 117 Å². The van der Waals surface area contributed by atoms with Crippen molar-refractivity contribution in [2.24, 2.45) is 0 Å². The first-order valence-electron chi connectivity index (χ1n) is 6.05. The number of hydrogen-bond donors (Lipinski definition) is 3. The van der Waals surface area contributed by atoms with Crippen LogP contribution in [-0.2, 0) is 16.6 Å². The molecule has 0 aliphatic carbocycles. The Bertz CT molecular complexity index is 667. The number of sulfonamides is 1. The Morgan fingerprint density at radius 3 is 2.85 bits per heavy atom. The van der Waals surface area contributed by atoms with Gasteiger partial charge in [-0.05, 0) is 25.2 Å². The van der Waals surface area contributed by atoms with Crippen molar-refractivity contribution in [2.45, 2.75) is 11.4 Å². The summed E-state index contributed by atoms with van der Waals surface area (Å²) in [5.74, 6) is 0. The van der Waals surface area contributed by atoms with E-state index in [0.717, 1.165) is 0 Å². The SMILES string of the molecule is CNS(=O)(=O)c1cc(N)ccc1NCCn1ccnc1. The summed E-state index contributed by atoms with van der Waals surface area (Å²) < 4.78 is 28.1. The molecule has 1 aromatic carbocycles. The Kier molecular flexibility index (Phi) is 4.26. The van der Waals surface area contributed by atoms with E-state index in [9.17, 15) is 8.42 Å². The van der Waals surface area contributed by atoms with Crippen LogP contribution in [0.1, 0.15) is 0 Å². The van der Waals surface area contributed by atoms with Crippen LogP contribution in [0.2, 0.25) is 0 Å². The van der Waals surface area contributed by atoms with Crippen LogP contribution in [0.4, 0.5) is 11.4 Å². The third-order valence-electron chi connectivity index (χ3n) is 2.81. The Balaban J connectivity index is 2.15. The summed E-state index contributed by atoms with van der Waals surface area (Å²) in [6, 6.07) is 4.76. The van der Waals surface area contributed by atoms with Crippen LogP contribution >= 0.6 is 0 Å². The van der Waals surface area contributed by atoms with Gasteiger partial charge < -0.3 is 15.6 Å².